The number of nitrogens with one attached hydrogen (secondary N) is 1. The molecule has 0 aliphatic carbocycles. The monoisotopic (exact) mass is 713 g/mol. The van der Waals surface area contributed by atoms with Crippen molar-refractivity contribution in [1.29, 1.82) is 0 Å². The molecule has 1 N–H and O–H groups in total. The number of imidazole rings is 1. The second kappa shape index (κ2) is 15.4. The predicted molar refractivity (Wildman–Crippen MR) is 184 cm³/mol. The van der Waals surface area contributed by atoms with Crippen molar-refractivity contribution in [3.05, 3.63) is 77.6 Å². The molecule has 51 heavy (non-hydrogen) atoms. The molecule has 274 valence electrons. The Morgan fingerprint density at radius 1 is 0.941 bits per heavy atom. The van der Waals surface area contributed by atoms with Crippen LogP contribution in [0.3, 0.4) is 0 Å². The number of fused-ring (bicyclic) bond motifs is 1. The Hall–Kier alpha value is -4.56. The number of rotatable bonds is 13. The lowest BCUT2D eigenvalue weighted by atomic mass is 9.76. The molecule has 3 heterocycles. The molecule has 14 heteroatoms. The number of benzene rings is 3. The van der Waals surface area contributed by atoms with Gasteiger partial charge in [-0.1, -0.05) is 24.3 Å². The molecule has 3 aromatic carbocycles. The van der Waals surface area contributed by atoms with Crippen molar-refractivity contribution in [3.63, 3.8) is 0 Å². The molecule has 1 atom stereocenters. The van der Waals surface area contributed by atoms with Gasteiger partial charge in [-0.3, -0.25) is 9.53 Å². The number of ether oxygens (including phenoxy) is 4. The van der Waals surface area contributed by atoms with Crippen molar-refractivity contribution in [1.82, 2.24) is 19.4 Å². The molecule has 0 bridgehead atoms. The highest BCUT2D eigenvalue weighted by atomic mass is 19.4. The number of hydrogen-bond donors (Lipinski definition) is 1. The fraction of sp³-hybridized carbons (Fsp3) is 0.459. The SMILES string of the molecule is COc1cc(C(=O)N2CCC(CCN3CCC(Nc4nc5ccccc5n4CCOC(F)(F)F)CC3)(c3ccc(F)cc3)C2)cc(OC)c1OC. The van der Waals surface area contributed by atoms with E-state index < -0.39 is 13.0 Å². The van der Waals surface area contributed by atoms with Crippen LogP contribution in [0.5, 0.6) is 17.2 Å². The molecular formula is C37H43F4N5O5. The summed E-state index contributed by atoms with van der Waals surface area (Å²) in [5, 5.41) is 3.48. The van der Waals surface area contributed by atoms with E-state index in [4.69, 9.17) is 14.2 Å². The van der Waals surface area contributed by atoms with Crippen LogP contribution in [0.1, 0.15) is 41.6 Å². The average molecular weight is 714 g/mol. The van der Waals surface area contributed by atoms with Gasteiger partial charge in [0.1, 0.15) is 5.82 Å². The number of carbonyl (C=O) groups is 1. The van der Waals surface area contributed by atoms with Gasteiger partial charge >= 0.3 is 6.36 Å². The highest BCUT2D eigenvalue weighted by Crippen LogP contribution is 2.42. The smallest absolute Gasteiger partial charge is 0.493 e. The molecule has 2 aliphatic heterocycles. The molecule has 0 saturated carbocycles. The van der Waals surface area contributed by atoms with E-state index in [1.165, 1.54) is 33.5 Å². The summed E-state index contributed by atoms with van der Waals surface area (Å²) in [7, 11) is 4.53. The number of hydrogen-bond acceptors (Lipinski definition) is 8. The van der Waals surface area contributed by atoms with Gasteiger partial charge < -0.3 is 33.9 Å². The van der Waals surface area contributed by atoms with Gasteiger partial charge in [-0.15, -0.1) is 13.2 Å². The number of halogens is 4. The first-order chi connectivity index (χ1) is 24.5. The Morgan fingerprint density at radius 2 is 1.63 bits per heavy atom. The van der Waals surface area contributed by atoms with Gasteiger partial charge in [-0.2, -0.15) is 0 Å². The zero-order valence-electron chi connectivity index (χ0n) is 29.0. The third kappa shape index (κ3) is 8.17. The van der Waals surface area contributed by atoms with Crippen LogP contribution in [-0.4, -0.2) is 98.3 Å². The van der Waals surface area contributed by atoms with E-state index in [-0.39, 0.29) is 29.7 Å². The highest BCUT2D eigenvalue weighted by Gasteiger charge is 2.42. The van der Waals surface area contributed by atoms with Crippen LogP contribution >= 0.6 is 0 Å². The van der Waals surface area contributed by atoms with Crippen LogP contribution in [0, 0.1) is 5.82 Å². The lowest BCUT2D eigenvalue weighted by Crippen LogP contribution is -2.42. The molecule has 10 nitrogen and oxygen atoms in total. The first kappa shape index (κ1) is 36.2. The normalized spacial score (nSPS) is 18.7. The summed E-state index contributed by atoms with van der Waals surface area (Å²) in [6, 6.07) is 17.3. The fourth-order valence-corrected chi connectivity index (χ4v) is 7.34. The molecule has 1 aromatic heterocycles. The number of carbonyl (C=O) groups excluding carboxylic acids is 1. The molecule has 2 saturated heterocycles. The predicted octanol–water partition coefficient (Wildman–Crippen LogP) is 6.49. The summed E-state index contributed by atoms with van der Waals surface area (Å²) >= 11 is 0. The second-order valence-electron chi connectivity index (χ2n) is 13.1. The molecule has 1 amide bonds. The number of methoxy groups -OCH3 is 3. The Kier molecular flexibility index (Phi) is 10.9. The van der Waals surface area contributed by atoms with E-state index in [9.17, 15) is 22.4 Å². The Labute approximate surface area is 294 Å². The Balaban J connectivity index is 1.11. The minimum atomic E-state index is -4.70. The minimum absolute atomic E-state index is 0.00570. The Morgan fingerprint density at radius 3 is 2.27 bits per heavy atom. The number of nitrogens with zero attached hydrogens (tertiary/aromatic N) is 4. The second-order valence-corrected chi connectivity index (χ2v) is 13.1. The summed E-state index contributed by atoms with van der Waals surface area (Å²) in [6.45, 7) is 2.90. The van der Waals surface area contributed by atoms with E-state index in [2.05, 4.69) is 19.9 Å². The van der Waals surface area contributed by atoms with E-state index in [1.807, 2.05) is 41.3 Å². The number of piperidine rings is 1. The number of anilines is 1. The maximum absolute atomic E-state index is 14.0. The van der Waals surface area contributed by atoms with Gasteiger partial charge in [-0.25, -0.2) is 9.37 Å². The maximum atomic E-state index is 14.0. The molecule has 1 unspecified atom stereocenters. The standard InChI is InChI=1S/C37H43F4N5O5/c1-48-31-22-25(23-32(49-2)33(31)50-3)34(47)45-19-15-36(24-45,26-8-10-27(38)11-9-26)14-18-44-16-12-28(13-17-44)42-35-43-29-6-4-5-7-30(29)46(35)20-21-51-37(39,40)41/h4-11,22-23,28H,12-21,24H2,1-3H3,(H,42,43). The molecule has 0 spiro atoms. The third-order valence-corrected chi connectivity index (χ3v) is 10.1. The topological polar surface area (TPSA) is 90.3 Å². The third-order valence-electron chi connectivity index (χ3n) is 10.1. The van der Waals surface area contributed by atoms with Crippen molar-refractivity contribution >= 4 is 22.9 Å². The summed E-state index contributed by atoms with van der Waals surface area (Å²) in [5.74, 6) is 1.27. The molecule has 2 aliphatic rings. The van der Waals surface area contributed by atoms with Crippen LogP contribution in [0.2, 0.25) is 0 Å². The van der Waals surface area contributed by atoms with Crippen LogP contribution in [-0.2, 0) is 16.7 Å². The van der Waals surface area contributed by atoms with E-state index in [0.717, 1.165) is 56.4 Å². The number of aromatic nitrogens is 2. The van der Waals surface area contributed by atoms with E-state index in [0.29, 0.717) is 47.4 Å². The highest BCUT2D eigenvalue weighted by molar-refractivity contribution is 5.96. The number of alkyl halides is 3. The van der Waals surface area contributed by atoms with E-state index in [1.54, 1.807) is 16.7 Å². The van der Waals surface area contributed by atoms with Crippen LogP contribution in [0.25, 0.3) is 11.0 Å². The molecule has 4 aromatic rings. The summed E-state index contributed by atoms with van der Waals surface area (Å²) in [4.78, 5) is 22.8. The van der Waals surface area contributed by atoms with Crippen molar-refractivity contribution in [3.8, 4) is 17.2 Å². The van der Waals surface area contributed by atoms with Crippen molar-refractivity contribution in [2.45, 2.75) is 50.0 Å². The summed E-state index contributed by atoms with van der Waals surface area (Å²) in [6.07, 6.45) is -1.57. The summed E-state index contributed by atoms with van der Waals surface area (Å²) < 4.78 is 74.3. The number of amides is 1. The van der Waals surface area contributed by atoms with Gasteiger partial charge in [0.2, 0.25) is 11.7 Å². The molecule has 2 fully saturated rings. The van der Waals surface area contributed by atoms with Gasteiger partial charge in [0.15, 0.2) is 11.5 Å². The van der Waals surface area contributed by atoms with Crippen molar-refractivity contribution < 1.29 is 41.3 Å². The number of likely N-dealkylation sites (tertiary alicyclic amines) is 2. The maximum Gasteiger partial charge on any atom is 0.522 e. The molecule has 6 rings (SSSR count). The zero-order valence-corrected chi connectivity index (χ0v) is 29.0. The molecule has 0 radical (unpaired) electrons. The Bertz CT molecular complexity index is 1780. The number of para-hydroxylation sites is 2. The lowest BCUT2D eigenvalue weighted by Gasteiger charge is -2.36. The van der Waals surface area contributed by atoms with Crippen LogP contribution in [0.4, 0.5) is 23.5 Å². The zero-order chi connectivity index (χ0) is 36.2. The van der Waals surface area contributed by atoms with Crippen LogP contribution < -0.4 is 19.5 Å². The first-order valence-electron chi connectivity index (χ1n) is 17.0. The van der Waals surface area contributed by atoms with E-state index >= 15 is 0 Å². The van der Waals surface area contributed by atoms with Gasteiger partial charge in [0.05, 0.1) is 39.0 Å². The minimum Gasteiger partial charge on any atom is -0.493 e. The fourth-order valence-electron chi connectivity index (χ4n) is 7.34. The van der Waals surface area contributed by atoms with Crippen molar-refractivity contribution in [2.75, 3.05) is 66.0 Å². The van der Waals surface area contributed by atoms with Gasteiger partial charge in [0.25, 0.3) is 5.91 Å². The summed E-state index contributed by atoms with van der Waals surface area (Å²) in [5.41, 5.74) is 2.49. The first-order valence-corrected chi connectivity index (χ1v) is 17.0. The quantitative estimate of drug-likeness (QED) is 0.158. The largest absolute Gasteiger partial charge is 0.522 e. The molecular weight excluding hydrogens is 670 g/mol. The van der Waals surface area contributed by atoms with Gasteiger partial charge in [-0.05, 0) is 74.2 Å². The lowest BCUT2D eigenvalue weighted by molar-refractivity contribution is -0.325. The van der Waals surface area contributed by atoms with Crippen LogP contribution in [0.15, 0.2) is 60.7 Å². The van der Waals surface area contributed by atoms with Gasteiger partial charge in [0, 0.05) is 49.7 Å². The average Bonchev–Trinajstić information content (AvgIpc) is 3.72. The van der Waals surface area contributed by atoms with Crippen molar-refractivity contribution in [2.24, 2.45) is 0 Å².